The van der Waals surface area contributed by atoms with Crippen LogP contribution in [0, 0.1) is 0 Å². The van der Waals surface area contributed by atoms with E-state index in [2.05, 4.69) is 13.5 Å². The van der Waals surface area contributed by atoms with Crippen molar-refractivity contribution in [1.82, 2.24) is 0 Å². The number of carbonyl (C=O) groups is 1. The Labute approximate surface area is 91.4 Å². The number of nitrogens with two attached hydrogens (primary N) is 1. The smallest absolute Gasteiger partial charge is 0.335 e. The zero-order chi connectivity index (χ0) is 11.5. The molecule has 0 spiro atoms. The van der Waals surface area contributed by atoms with Crippen molar-refractivity contribution in [3.63, 3.8) is 0 Å². The lowest BCUT2D eigenvalue weighted by molar-refractivity contribution is -0.139. The molecule has 4 nitrogen and oxygen atoms in total. The summed E-state index contributed by atoms with van der Waals surface area (Å²) in [5.74, 6) is -0.389. The number of unbranched alkanes of at least 4 members (excludes halogenated alkanes) is 1. The highest BCUT2D eigenvalue weighted by atomic mass is 16.5. The molecule has 0 aromatic rings. The lowest BCUT2D eigenvalue weighted by atomic mass is 10.3. The maximum absolute atomic E-state index is 11.2. The lowest BCUT2D eigenvalue weighted by Gasteiger charge is -2.07. The van der Waals surface area contributed by atoms with Crippen LogP contribution in [-0.2, 0) is 14.3 Å². The molecule has 15 heavy (non-hydrogen) atoms. The van der Waals surface area contributed by atoms with Gasteiger partial charge in [-0.2, -0.15) is 0 Å². The van der Waals surface area contributed by atoms with E-state index in [1.54, 1.807) is 0 Å². The first kappa shape index (κ1) is 14.1. The van der Waals surface area contributed by atoms with Gasteiger partial charge in [-0.25, -0.2) is 4.79 Å². The maximum atomic E-state index is 11.2. The van der Waals surface area contributed by atoms with Crippen LogP contribution < -0.4 is 5.73 Å². The maximum Gasteiger partial charge on any atom is 0.335 e. The molecule has 0 unspecified atom stereocenters. The molecule has 0 bridgehead atoms. The van der Waals surface area contributed by atoms with Crippen molar-refractivity contribution in [2.75, 3.05) is 26.4 Å². The van der Waals surface area contributed by atoms with E-state index in [0.29, 0.717) is 31.8 Å². The summed E-state index contributed by atoms with van der Waals surface area (Å²) in [6.07, 6.45) is 2.75. The van der Waals surface area contributed by atoms with Gasteiger partial charge in [0.15, 0.2) is 0 Å². The number of hydrogen-bond acceptors (Lipinski definition) is 4. The highest BCUT2D eigenvalue weighted by Crippen LogP contribution is 1.98. The predicted octanol–water partition coefficient (Wildman–Crippen LogP) is 1.25. The Balaban J connectivity index is 3.47. The topological polar surface area (TPSA) is 61.5 Å². The van der Waals surface area contributed by atoms with Crippen LogP contribution in [0.1, 0.15) is 26.2 Å². The second-order valence-electron chi connectivity index (χ2n) is 3.29. The summed E-state index contributed by atoms with van der Waals surface area (Å²) in [6, 6.07) is 0. The van der Waals surface area contributed by atoms with Crippen molar-refractivity contribution in [3.05, 3.63) is 12.2 Å². The van der Waals surface area contributed by atoms with E-state index in [1.165, 1.54) is 0 Å². The van der Waals surface area contributed by atoms with Gasteiger partial charge in [0.25, 0.3) is 0 Å². The van der Waals surface area contributed by atoms with E-state index in [4.69, 9.17) is 15.2 Å². The van der Waals surface area contributed by atoms with E-state index < -0.39 is 0 Å². The average molecular weight is 215 g/mol. The molecule has 0 aromatic heterocycles. The van der Waals surface area contributed by atoms with Crippen LogP contribution in [0.3, 0.4) is 0 Å². The molecule has 0 fully saturated rings. The number of ether oxygens (including phenoxy) is 2. The Hall–Kier alpha value is -0.870. The summed E-state index contributed by atoms with van der Waals surface area (Å²) in [6.45, 7) is 7.46. The molecule has 0 radical (unpaired) electrons. The van der Waals surface area contributed by atoms with Crippen LogP contribution in [-0.4, -0.2) is 32.3 Å². The number of carbonyl (C=O) groups excluding carboxylic acids is 1. The van der Waals surface area contributed by atoms with Crippen molar-refractivity contribution in [2.24, 2.45) is 5.73 Å². The fraction of sp³-hybridized carbons (Fsp3) is 0.727. The Morgan fingerprint density at radius 2 is 2.07 bits per heavy atom. The molecule has 4 heteroatoms. The lowest BCUT2D eigenvalue weighted by Crippen LogP contribution is -2.14. The summed E-state index contributed by atoms with van der Waals surface area (Å²) in [5, 5.41) is 0. The van der Waals surface area contributed by atoms with E-state index in [-0.39, 0.29) is 12.6 Å². The molecule has 2 N–H and O–H groups in total. The monoisotopic (exact) mass is 215 g/mol. The van der Waals surface area contributed by atoms with E-state index in [0.717, 1.165) is 12.8 Å². The van der Waals surface area contributed by atoms with Gasteiger partial charge in [-0.15, -0.1) is 0 Å². The molecule has 0 aliphatic rings. The molecular weight excluding hydrogens is 194 g/mol. The van der Waals surface area contributed by atoms with Crippen LogP contribution >= 0.6 is 0 Å². The van der Waals surface area contributed by atoms with Crippen LogP contribution in [0.15, 0.2) is 12.2 Å². The number of rotatable bonds is 9. The summed E-state index contributed by atoms with van der Waals surface area (Å²) in [4.78, 5) is 11.2. The normalized spacial score (nSPS) is 10.0. The van der Waals surface area contributed by atoms with Gasteiger partial charge in [0, 0.05) is 6.61 Å². The Morgan fingerprint density at radius 3 is 2.67 bits per heavy atom. The molecule has 0 aliphatic heterocycles. The molecule has 88 valence electrons. The SMILES string of the molecule is C=C(COCCCC)C(=O)OCCCN. The molecular formula is C11H21NO3. The van der Waals surface area contributed by atoms with E-state index in [9.17, 15) is 4.79 Å². The largest absolute Gasteiger partial charge is 0.462 e. The molecule has 0 rings (SSSR count). The minimum atomic E-state index is -0.389. The van der Waals surface area contributed by atoms with Gasteiger partial charge < -0.3 is 15.2 Å². The van der Waals surface area contributed by atoms with Gasteiger partial charge in [0.2, 0.25) is 0 Å². The summed E-state index contributed by atoms with van der Waals surface area (Å²) in [5.41, 5.74) is 5.63. The first-order chi connectivity index (χ1) is 7.22. The van der Waals surface area contributed by atoms with Crippen molar-refractivity contribution in [1.29, 1.82) is 0 Å². The molecule has 0 amide bonds. The quantitative estimate of drug-likeness (QED) is 0.357. The number of esters is 1. The third-order valence-electron chi connectivity index (χ3n) is 1.79. The van der Waals surface area contributed by atoms with Gasteiger partial charge in [-0.1, -0.05) is 19.9 Å². The average Bonchev–Trinajstić information content (AvgIpc) is 2.24. The van der Waals surface area contributed by atoms with Crippen molar-refractivity contribution < 1.29 is 14.3 Å². The van der Waals surface area contributed by atoms with Crippen molar-refractivity contribution in [3.8, 4) is 0 Å². The molecule has 0 saturated carbocycles. The van der Waals surface area contributed by atoms with Crippen LogP contribution in [0.2, 0.25) is 0 Å². The minimum absolute atomic E-state index is 0.251. The minimum Gasteiger partial charge on any atom is -0.462 e. The van der Waals surface area contributed by atoms with E-state index >= 15 is 0 Å². The zero-order valence-electron chi connectivity index (χ0n) is 9.46. The summed E-state index contributed by atoms with van der Waals surface area (Å²) in [7, 11) is 0. The molecule has 0 aromatic carbocycles. The second-order valence-corrected chi connectivity index (χ2v) is 3.29. The molecule has 0 heterocycles. The molecule has 0 atom stereocenters. The summed E-state index contributed by atoms with van der Waals surface area (Å²) < 4.78 is 10.1. The molecule has 0 aliphatic carbocycles. The van der Waals surface area contributed by atoms with Gasteiger partial charge in [-0.3, -0.25) is 0 Å². The van der Waals surface area contributed by atoms with E-state index in [1.807, 2.05) is 0 Å². The fourth-order valence-electron chi connectivity index (χ4n) is 0.851. The Kier molecular flexibility index (Phi) is 9.11. The first-order valence-corrected chi connectivity index (χ1v) is 5.35. The third-order valence-corrected chi connectivity index (χ3v) is 1.79. The van der Waals surface area contributed by atoms with Crippen molar-refractivity contribution >= 4 is 5.97 Å². The van der Waals surface area contributed by atoms with Gasteiger partial charge in [-0.05, 0) is 19.4 Å². The highest BCUT2D eigenvalue weighted by molar-refractivity contribution is 5.87. The Morgan fingerprint density at radius 1 is 1.33 bits per heavy atom. The highest BCUT2D eigenvalue weighted by Gasteiger charge is 2.07. The van der Waals surface area contributed by atoms with Crippen molar-refractivity contribution in [2.45, 2.75) is 26.2 Å². The molecule has 0 saturated heterocycles. The number of hydrogen-bond donors (Lipinski definition) is 1. The standard InChI is InChI=1S/C11H21NO3/c1-3-4-7-14-9-10(2)11(13)15-8-5-6-12/h2-9,12H2,1H3. The first-order valence-electron chi connectivity index (χ1n) is 5.35. The van der Waals surface area contributed by atoms with Crippen LogP contribution in [0.5, 0.6) is 0 Å². The van der Waals surface area contributed by atoms with Crippen LogP contribution in [0.4, 0.5) is 0 Å². The van der Waals surface area contributed by atoms with Gasteiger partial charge in [0.05, 0.1) is 18.8 Å². The zero-order valence-corrected chi connectivity index (χ0v) is 9.46. The second kappa shape index (κ2) is 9.68. The summed E-state index contributed by atoms with van der Waals surface area (Å²) >= 11 is 0. The van der Waals surface area contributed by atoms with Gasteiger partial charge in [0.1, 0.15) is 0 Å². The fourth-order valence-corrected chi connectivity index (χ4v) is 0.851. The van der Waals surface area contributed by atoms with Crippen LogP contribution in [0.25, 0.3) is 0 Å². The van der Waals surface area contributed by atoms with Gasteiger partial charge >= 0.3 is 5.97 Å². The Bertz CT molecular complexity index is 192. The third kappa shape index (κ3) is 8.15. The predicted molar refractivity (Wildman–Crippen MR) is 59.5 cm³/mol.